The molecule has 112 valence electrons. The maximum absolute atomic E-state index is 14.2. The molecule has 1 fully saturated rings. The van der Waals surface area contributed by atoms with Crippen LogP contribution in [0.2, 0.25) is 0 Å². The Kier molecular flexibility index (Phi) is 3.73. The first-order chi connectivity index (χ1) is 10.1. The van der Waals surface area contributed by atoms with Gasteiger partial charge in [-0.2, -0.15) is 0 Å². The predicted molar refractivity (Wildman–Crippen MR) is 71.4 cm³/mol. The summed E-state index contributed by atoms with van der Waals surface area (Å²) >= 11 is 0. The van der Waals surface area contributed by atoms with E-state index in [4.69, 9.17) is 9.47 Å². The van der Waals surface area contributed by atoms with E-state index in [1.54, 1.807) is 23.3 Å². The molecule has 1 aliphatic heterocycles. The van der Waals surface area contributed by atoms with E-state index in [0.29, 0.717) is 6.61 Å². The van der Waals surface area contributed by atoms with Crippen molar-refractivity contribution in [3.8, 4) is 0 Å². The van der Waals surface area contributed by atoms with Crippen molar-refractivity contribution >= 4 is 0 Å². The third kappa shape index (κ3) is 2.69. The van der Waals surface area contributed by atoms with Gasteiger partial charge in [-0.3, -0.25) is 0 Å². The molecule has 2 atom stereocenters. The van der Waals surface area contributed by atoms with Crippen LogP contribution < -0.4 is 0 Å². The van der Waals surface area contributed by atoms with Crippen LogP contribution in [0.25, 0.3) is 0 Å². The number of nitrogens with zero attached hydrogens (tertiary/aromatic N) is 2. The molecule has 1 aromatic carbocycles. The minimum atomic E-state index is -1.25. The predicted octanol–water partition coefficient (Wildman–Crippen LogP) is 2.84. The van der Waals surface area contributed by atoms with Crippen LogP contribution in [0.4, 0.5) is 8.78 Å². The number of imidazole rings is 1. The van der Waals surface area contributed by atoms with Crippen molar-refractivity contribution in [3.63, 3.8) is 0 Å². The van der Waals surface area contributed by atoms with E-state index in [0.717, 1.165) is 12.5 Å². The van der Waals surface area contributed by atoms with Gasteiger partial charge in [0.05, 0.1) is 25.6 Å². The minimum Gasteiger partial charge on any atom is -0.342 e. The summed E-state index contributed by atoms with van der Waals surface area (Å²) in [6, 6.07) is 3.43. The van der Waals surface area contributed by atoms with Crippen LogP contribution in [-0.4, -0.2) is 22.3 Å². The number of halogens is 2. The van der Waals surface area contributed by atoms with Gasteiger partial charge in [0.15, 0.2) is 0 Å². The summed E-state index contributed by atoms with van der Waals surface area (Å²) in [5, 5.41) is 0. The summed E-state index contributed by atoms with van der Waals surface area (Å²) in [4.78, 5) is 3.96. The molecule has 4 nitrogen and oxygen atoms in total. The fourth-order valence-electron chi connectivity index (χ4n) is 2.49. The number of aromatic nitrogens is 2. The molecule has 1 aliphatic rings. The molecule has 21 heavy (non-hydrogen) atoms. The van der Waals surface area contributed by atoms with Crippen molar-refractivity contribution in [1.29, 1.82) is 0 Å². The highest BCUT2D eigenvalue weighted by Crippen LogP contribution is 2.38. The number of ether oxygens (including phenoxy) is 2. The van der Waals surface area contributed by atoms with Gasteiger partial charge in [-0.05, 0) is 18.6 Å². The Morgan fingerprint density at radius 2 is 2.29 bits per heavy atom. The molecule has 1 aromatic heterocycles. The van der Waals surface area contributed by atoms with Gasteiger partial charge in [0.2, 0.25) is 5.79 Å². The van der Waals surface area contributed by atoms with Crippen molar-refractivity contribution in [2.75, 3.05) is 6.61 Å². The molecule has 2 aromatic rings. The van der Waals surface area contributed by atoms with Crippen LogP contribution in [0.3, 0.4) is 0 Å². The molecule has 0 radical (unpaired) electrons. The average Bonchev–Trinajstić information content (AvgIpc) is 3.09. The van der Waals surface area contributed by atoms with Gasteiger partial charge in [0.25, 0.3) is 0 Å². The Hall–Kier alpha value is -1.79. The van der Waals surface area contributed by atoms with Gasteiger partial charge < -0.3 is 14.0 Å². The van der Waals surface area contributed by atoms with Crippen molar-refractivity contribution < 1.29 is 18.3 Å². The van der Waals surface area contributed by atoms with Gasteiger partial charge in [0, 0.05) is 24.0 Å². The zero-order valence-electron chi connectivity index (χ0n) is 11.6. The zero-order valence-corrected chi connectivity index (χ0v) is 11.6. The zero-order chi connectivity index (χ0) is 14.9. The normalized spacial score (nSPS) is 25.4. The van der Waals surface area contributed by atoms with Gasteiger partial charge in [-0.15, -0.1) is 0 Å². The van der Waals surface area contributed by atoms with Crippen LogP contribution in [0.5, 0.6) is 0 Å². The first-order valence-electron chi connectivity index (χ1n) is 6.86. The molecular weight excluding hydrogens is 278 g/mol. The molecule has 0 saturated carbocycles. The molecule has 6 heteroatoms. The summed E-state index contributed by atoms with van der Waals surface area (Å²) in [6.07, 6.45) is 5.62. The Bertz CT molecular complexity index is 618. The largest absolute Gasteiger partial charge is 0.342 e. The highest BCUT2D eigenvalue weighted by molar-refractivity contribution is 5.24. The fourth-order valence-corrected chi connectivity index (χ4v) is 2.49. The highest BCUT2D eigenvalue weighted by Gasteiger charge is 2.44. The molecule has 2 heterocycles. The summed E-state index contributed by atoms with van der Waals surface area (Å²) in [5.41, 5.74) is 0.202. The van der Waals surface area contributed by atoms with Gasteiger partial charge in [-0.1, -0.05) is 6.92 Å². The monoisotopic (exact) mass is 294 g/mol. The van der Waals surface area contributed by atoms with E-state index in [-0.39, 0.29) is 18.2 Å². The number of benzene rings is 1. The Morgan fingerprint density at radius 1 is 1.43 bits per heavy atom. The highest BCUT2D eigenvalue weighted by atomic mass is 19.1. The molecule has 0 aliphatic carbocycles. The van der Waals surface area contributed by atoms with Gasteiger partial charge in [-0.25, -0.2) is 13.8 Å². The Labute approximate surface area is 121 Å². The lowest BCUT2D eigenvalue weighted by Crippen LogP contribution is -2.34. The third-order valence-corrected chi connectivity index (χ3v) is 3.61. The van der Waals surface area contributed by atoms with Gasteiger partial charge in [0.1, 0.15) is 11.6 Å². The van der Waals surface area contributed by atoms with Crippen molar-refractivity contribution in [2.24, 2.45) is 0 Å². The number of rotatable bonds is 4. The van der Waals surface area contributed by atoms with E-state index in [9.17, 15) is 8.78 Å². The van der Waals surface area contributed by atoms with E-state index < -0.39 is 17.4 Å². The molecule has 1 saturated heterocycles. The van der Waals surface area contributed by atoms with Crippen molar-refractivity contribution in [3.05, 3.63) is 54.1 Å². The van der Waals surface area contributed by atoms with Crippen molar-refractivity contribution in [2.45, 2.75) is 31.8 Å². The summed E-state index contributed by atoms with van der Waals surface area (Å²) in [7, 11) is 0. The Balaban J connectivity index is 1.99. The lowest BCUT2D eigenvalue weighted by atomic mass is 10.0. The van der Waals surface area contributed by atoms with E-state index in [1.807, 2.05) is 6.92 Å². The van der Waals surface area contributed by atoms with Crippen LogP contribution in [-0.2, 0) is 21.8 Å². The standard InChI is InChI=1S/C15H16F2N2O2/c1-2-12-8-20-15(21-12,9-19-6-5-18-10-19)13-4-3-11(16)7-14(13)17/h3-7,10,12H,2,8-9H2,1H3. The van der Waals surface area contributed by atoms with E-state index in [2.05, 4.69) is 4.98 Å². The molecule has 0 bridgehead atoms. The fraction of sp³-hybridized carbons (Fsp3) is 0.400. The van der Waals surface area contributed by atoms with Crippen molar-refractivity contribution in [1.82, 2.24) is 9.55 Å². The molecule has 3 rings (SSSR count). The number of hydrogen-bond acceptors (Lipinski definition) is 3. The van der Waals surface area contributed by atoms with Crippen LogP contribution in [0.1, 0.15) is 18.9 Å². The molecule has 0 amide bonds. The van der Waals surface area contributed by atoms with Crippen LogP contribution in [0.15, 0.2) is 36.9 Å². The lowest BCUT2D eigenvalue weighted by Gasteiger charge is -2.29. The quantitative estimate of drug-likeness (QED) is 0.870. The topological polar surface area (TPSA) is 36.3 Å². The SMILES string of the molecule is CCC1COC(Cn2ccnc2)(c2ccc(F)cc2F)O1. The third-order valence-electron chi connectivity index (χ3n) is 3.61. The van der Waals surface area contributed by atoms with Crippen LogP contribution >= 0.6 is 0 Å². The summed E-state index contributed by atoms with van der Waals surface area (Å²) in [6.45, 7) is 2.61. The minimum absolute atomic E-state index is 0.113. The molecule has 0 N–H and O–H groups in total. The second-order valence-corrected chi connectivity index (χ2v) is 5.07. The van der Waals surface area contributed by atoms with E-state index in [1.165, 1.54) is 12.1 Å². The van der Waals surface area contributed by atoms with E-state index >= 15 is 0 Å². The first-order valence-corrected chi connectivity index (χ1v) is 6.86. The van der Waals surface area contributed by atoms with Crippen LogP contribution in [0, 0.1) is 11.6 Å². The molecule has 2 unspecified atom stereocenters. The van der Waals surface area contributed by atoms with Gasteiger partial charge >= 0.3 is 0 Å². The maximum atomic E-state index is 14.2. The maximum Gasteiger partial charge on any atom is 0.216 e. The molecular formula is C15H16F2N2O2. The summed E-state index contributed by atoms with van der Waals surface area (Å²) < 4.78 is 40.8. The second kappa shape index (κ2) is 5.54. The molecule has 0 spiro atoms. The second-order valence-electron chi connectivity index (χ2n) is 5.07. The smallest absolute Gasteiger partial charge is 0.216 e. The first kappa shape index (κ1) is 14.2. The summed E-state index contributed by atoms with van der Waals surface area (Å²) in [5.74, 6) is -2.55. The average molecular weight is 294 g/mol. The lowest BCUT2D eigenvalue weighted by molar-refractivity contribution is -0.189. The number of hydrogen-bond donors (Lipinski definition) is 0. The Morgan fingerprint density at radius 3 is 2.90 bits per heavy atom.